The maximum Gasteiger partial charge on any atom is 0.242 e. The Morgan fingerprint density at radius 1 is 0.967 bits per heavy atom. The van der Waals surface area contributed by atoms with Crippen LogP contribution in [0, 0.1) is 0 Å². The standard InChI is InChI=1S/C24H28Cl2N2O2/c1-17(24(30)27-20-11-3-2-4-12-20)28(16-19-10-6-8-14-22(19)26)23(29)15-18-9-5-7-13-21(18)25/h5-10,13-14,17,20H,2-4,11-12,15-16H2,1H3,(H,27,30)/t17-/m0/s1. The molecule has 30 heavy (non-hydrogen) atoms. The highest BCUT2D eigenvalue weighted by atomic mass is 35.5. The Balaban J connectivity index is 1.78. The Hall–Kier alpha value is -2.04. The van der Waals surface area contributed by atoms with Crippen molar-refractivity contribution in [1.82, 2.24) is 10.2 Å². The van der Waals surface area contributed by atoms with Gasteiger partial charge in [0.25, 0.3) is 0 Å². The van der Waals surface area contributed by atoms with Gasteiger partial charge in [-0.15, -0.1) is 0 Å². The predicted molar refractivity (Wildman–Crippen MR) is 122 cm³/mol. The van der Waals surface area contributed by atoms with Gasteiger partial charge in [-0.25, -0.2) is 0 Å². The Kier molecular flexibility index (Phi) is 8.17. The van der Waals surface area contributed by atoms with E-state index in [0.717, 1.165) is 36.8 Å². The smallest absolute Gasteiger partial charge is 0.242 e. The number of nitrogens with zero attached hydrogens (tertiary/aromatic N) is 1. The van der Waals surface area contributed by atoms with E-state index in [1.165, 1.54) is 6.42 Å². The van der Waals surface area contributed by atoms with Gasteiger partial charge in [0.2, 0.25) is 11.8 Å². The molecule has 2 aromatic rings. The van der Waals surface area contributed by atoms with Crippen molar-refractivity contribution in [2.45, 2.75) is 64.1 Å². The van der Waals surface area contributed by atoms with Gasteiger partial charge in [-0.2, -0.15) is 0 Å². The number of benzene rings is 2. The minimum atomic E-state index is -0.613. The molecular weight excluding hydrogens is 419 g/mol. The summed E-state index contributed by atoms with van der Waals surface area (Å²) in [7, 11) is 0. The van der Waals surface area contributed by atoms with Crippen molar-refractivity contribution in [3.8, 4) is 0 Å². The number of hydrogen-bond acceptors (Lipinski definition) is 2. The van der Waals surface area contributed by atoms with Crippen LogP contribution in [0.3, 0.4) is 0 Å². The molecule has 1 aliphatic carbocycles. The van der Waals surface area contributed by atoms with Gasteiger partial charge in [-0.05, 0) is 43.0 Å². The van der Waals surface area contributed by atoms with Gasteiger partial charge < -0.3 is 10.2 Å². The molecule has 0 radical (unpaired) electrons. The van der Waals surface area contributed by atoms with Crippen LogP contribution in [0.4, 0.5) is 0 Å². The monoisotopic (exact) mass is 446 g/mol. The fourth-order valence-electron chi connectivity index (χ4n) is 3.87. The molecule has 1 atom stereocenters. The first-order valence-electron chi connectivity index (χ1n) is 10.5. The molecule has 0 saturated heterocycles. The molecule has 0 spiro atoms. The van der Waals surface area contributed by atoms with E-state index in [1.54, 1.807) is 24.0 Å². The summed E-state index contributed by atoms with van der Waals surface area (Å²) in [4.78, 5) is 27.9. The van der Waals surface area contributed by atoms with E-state index in [4.69, 9.17) is 23.2 Å². The molecule has 0 heterocycles. The summed E-state index contributed by atoms with van der Waals surface area (Å²) < 4.78 is 0. The first-order valence-corrected chi connectivity index (χ1v) is 11.3. The Bertz CT molecular complexity index is 881. The van der Waals surface area contributed by atoms with E-state index in [0.29, 0.717) is 10.0 Å². The second-order valence-electron chi connectivity index (χ2n) is 7.90. The zero-order valence-corrected chi connectivity index (χ0v) is 18.8. The average Bonchev–Trinajstić information content (AvgIpc) is 2.75. The molecule has 2 aromatic carbocycles. The topological polar surface area (TPSA) is 49.4 Å². The molecule has 3 rings (SSSR count). The van der Waals surface area contributed by atoms with Gasteiger partial charge in [0.05, 0.1) is 6.42 Å². The van der Waals surface area contributed by atoms with Crippen LogP contribution in [-0.2, 0) is 22.6 Å². The molecule has 4 nitrogen and oxygen atoms in total. The molecule has 160 valence electrons. The van der Waals surface area contributed by atoms with Crippen LogP contribution < -0.4 is 5.32 Å². The average molecular weight is 447 g/mol. The summed E-state index contributed by atoms with van der Waals surface area (Å²) in [6.07, 6.45) is 5.61. The summed E-state index contributed by atoms with van der Waals surface area (Å²) in [5.74, 6) is -0.282. The number of nitrogens with one attached hydrogen (secondary N) is 1. The van der Waals surface area contributed by atoms with Gasteiger partial charge in [0, 0.05) is 22.6 Å². The molecule has 1 aliphatic rings. The van der Waals surface area contributed by atoms with E-state index in [-0.39, 0.29) is 30.8 Å². The van der Waals surface area contributed by atoms with Crippen molar-refractivity contribution in [3.05, 3.63) is 69.7 Å². The van der Waals surface area contributed by atoms with Crippen LogP contribution in [0.5, 0.6) is 0 Å². The first kappa shape index (κ1) is 22.6. The van der Waals surface area contributed by atoms with Crippen LogP contribution in [0.2, 0.25) is 10.0 Å². The van der Waals surface area contributed by atoms with E-state index in [1.807, 2.05) is 36.4 Å². The summed E-state index contributed by atoms with van der Waals surface area (Å²) in [6, 6.07) is 14.3. The third-order valence-electron chi connectivity index (χ3n) is 5.72. The second kappa shape index (κ2) is 10.8. The lowest BCUT2D eigenvalue weighted by Gasteiger charge is -2.31. The number of hydrogen-bond donors (Lipinski definition) is 1. The quantitative estimate of drug-likeness (QED) is 0.618. The largest absolute Gasteiger partial charge is 0.352 e. The minimum absolute atomic E-state index is 0.124. The molecule has 1 N–H and O–H groups in total. The lowest BCUT2D eigenvalue weighted by molar-refractivity contribution is -0.140. The molecule has 1 fully saturated rings. The molecule has 2 amide bonds. The fourth-order valence-corrected chi connectivity index (χ4v) is 4.27. The molecule has 0 aliphatic heterocycles. The van der Waals surface area contributed by atoms with Gasteiger partial charge in [0.15, 0.2) is 0 Å². The Morgan fingerprint density at radius 2 is 1.53 bits per heavy atom. The van der Waals surface area contributed by atoms with Crippen molar-refractivity contribution in [2.75, 3.05) is 0 Å². The van der Waals surface area contributed by atoms with Crippen molar-refractivity contribution in [2.24, 2.45) is 0 Å². The number of amides is 2. The molecule has 1 saturated carbocycles. The molecule has 0 aromatic heterocycles. The van der Waals surface area contributed by atoms with E-state index in [9.17, 15) is 9.59 Å². The minimum Gasteiger partial charge on any atom is -0.352 e. The third kappa shape index (κ3) is 5.99. The van der Waals surface area contributed by atoms with Crippen molar-refractivity contribution >= 4 is 35.0 Å². The van der Waals surface area contributed by atoms with E-state index < -0.39 is 6.04 Å². The molecule has 0 bridgehead atoms. The van der Waals surface area contributed by atoms with Gasteiger partial charge in [-0.3, -0.25) is 9.59 Å². The van der Waals surface area contributed by atoms with Crippen LogP contribution in [-0.4, -0.2) is 28.8 Å². The number of rotatable bonds is 7. The Labute approximate surface area is 188 Å². The van der Waals surface area contributed by atoms with Gasteiger partial charge in [0.1, 0.15) is 6.04 Å². The zero-order chi connectivity index (χ0) is 21.5. The maximum atomic E-state index is 13.3. The molecular formula is C24H28Cl2N2O2. The van der Waals surface area contributed by atoms with Crippen LogP contribution in [0.15, 0.2) is 48.5 Å². The fraction of sp³-hybridized carbons (Fsp3) is 0.417. The van der Waals surface area contributed by atoms with Crippen LogP contribution in [0.1, 0.15) is 50.2 Å². The third-order valence-corrected chi connectivity index (χ3v) is 6.45. The molecule has 0 unspecified atom stereocenters. The highest BCUT2D eigenvalue weighted by Crippen LogP contribution is 2.22. The van der Waals surface area contributed by atoms with Gasteiger partial charge in [-0.1, -0.05) is 78.9 Å². The van der Waals surface area contributed by atoms with E-state index in [2.05, 4.69) is 5.32 Å². The molecule has 6 heteroatoms. The summed E-state index contributed by atoms with van der Waals surface area (Å²) in [6.45, 7) is 2.04. The van der Waals surface area contributed by atoms with E-state index >= 15 is 0 Å². The highest BCUT2D eigenvalue weighted by molar-refractivity contribution is 6.31. The normalized spacial score (nSPS) is 15.4. The van der Waals surface area contributed by atoms with Gasteiger partial charge >= 0.3 is 0 Å². The van der Waals surface area contributed by atoms with Crippen molar-refractivity contribution in [1.29, 1.82) is 0 Å². The Morgan fingerprint density at radius 3 is 2.13 bits per heavy atom. The number of halogens is 2. The zero-order valence-electron chi connectivity index (χ0n) is 17.2. The number of carbonyl (C=O) groups is 2. The van der Waals surface area contributed by atoms with Crippen molar-refractivity contribution in [3.63, 3.8) is 0 Å². The predicted octanol–water partition coefficient (Wildman–Crippen LogP) is 5.40. The number of carbonyl (C=O) groups excluding carboxylic acids is 2. The lowest BCUT2D eigenvalue weighted by Crippen LogP contribution is -2.50. The highest BCUT2D eigenvalue weighted by Gasteiger charge is 2.28. The lowest BCUT2D eigenvalue weighted by atomic mass is 9.95. The summed E-state index contributed by atoms with van der Waals surface area (Å²) in [5, 5.41) is 4.26. The SMILES string of the molecule is C[C@@H](C(=O)NC1CCCCC1)N(Cc1ccccc1Cl)C(=O)Cc1ccccc1Cl. The first-order chi connectivity index (χ1) is 14.5. The second-order valence-corrected chi connectivity index (χ2v) is 8.72. The summed E-state index contributed by atoms with van der Waals surface area (Å²) in [5.41, 5.74) is 1.55. The van der Waals surface area contributed by atoms with Crippen molar-refractivity contribution < 1.29 is 9.59 Å². The summed E-state index contributed by atoms with van der Waals surface area (Å²) >= 11 is 12.6. The van der Waals surface area contributed by atoms with Crippen LogP contribution in [0.25, 0.3) is 0 Å². The maximum absolute atomic E-state index is 13.3. The van der Waals surface area contributed by atoms with Crippen LogP contribution >= 0.6 is 23.2 Å².